The smallest absolute Gasteiger partial charge is 0.306 e. The van der Waals surface area contributed by atoms with E-state index in [1.807, 2.05) is 6.07 Å². The standard InChI is InChI=1S/C21H20BrFN2O3/c1-11-6-12(7-13-9-19(27)28-20(11)13)15-4-5-24-10-14(15)8-18(26)17-3-2-16(23)21(22)25-17/h2-5,10-13,20H,6-9H2,1H3/t11-,12+,13-,20-/m0/s1. The topological polar surface area (TPSA) is 69.2 Å². The molecule has 0 radical (unpaired) electrons. The highest BCUT2D eigenvalue weighted by atomic mass is 79.9. The first kappa shape index (κ1) is 19.2. The van der Waals surface area contributed by atoms with Crippen molar-refractivity contribution in [3.8, 4) is 0 Å². The van der Waals surface area contributed by atoms with Crippen LogP contribution >= 0.6 is 15.9 Å². The third-order valence-electron chi connectivity index (χ3n) is 5.79. The average Bonchev–Trinajstić information content (AvgIpc) is 3.05. The number of pyridine rings is 2. The molecule has 0 spiro atoms. The Morgan fingerprint density at radius 2 is 2.14 bits per heavy atom. The fraction of sp³-hybridized carbons (Fsp3) is 0.429. The number of carbonyl (C=O) groups is 2. The number of rotatable bonds is 4. The number of fused-ring (bicyclic) bond motifs is 1. The Labute approximate surface area is 170 Å². The van der Waals surface area contributed by atoms with Gasteiger partial charge < -0.3 is 4.74 Å². The van der Waals surface area contributed by atoms with E-state index in [0.29, 0.717) is 6.42 Å². The fourth-order valence-electron chi connectivity index (χ4n) is 4.54. The first-order valence-corrected chi connectivity index (χ1v) is 10.2. The second-order valence-electron chi connectivity index (χ2n) is 7.71. The highest BCUT2D eigenvalue weighted by molar-refractivity contribution is 9.10. The van der Waals surface area contributed by atoms with Gasteiger partial charge in [0.1, 0.15) is 16.4 Å². The van der Waals surface area contributed by atoms with Crippen LogP contribution in [0.3, 0.4) is 0 Å². The van der Waals surface area contributed by atoms with Gasteiger partial charge >= 0.3 is 5.97 Å². The molecule has 1 aliphatic carbocycles. The molecule has 2 aromatic rings. The number of Topliss-reactive ketones (excluding diaryl/α,β-unsaturated/α-hetero) is 1. The Kier molecular flexibility index (Phi) is 5.27. The zero-order valence-electron chi connectivity index (χ0n) is 15.4. The number of hydrogen-bond acceptors (Lipinski definition) is 5. The second kappa shape index (κ2) is 7.70. The first-order valence-electron chi connectivity index (χ1n) is 9.40. The van der Waals surface area contributed by atoms with E-state index >= 15 is 0 Å². The zero-order chi connectivity index (χ0) is 19.8. The number of nitrogens with zero attached hydrogens (tertiary/aromatic N) is 2. The molecule has 2 aromatic heterocycles. The minimum Gasteiger partial charge on any atom is -0.462 e. The predicted molar refractivity (Wildman–Crippen MR) is 103 cm³/mol. The van der Waals surface area contributed by atoms with Crippen LogP contribution in [0.25, 0.3) is 0 Å². The van der Waals surface area contributed by atoms with Crippen molar-refractivity contribution in [3.05, 3.63) is 57.8 Å². The summed E-state index contributed by atoms with van der Waals surface area (Å²) in [7, 11) is 0. The molecule has 3 heterocycles. The lowest BCUT2D eigenvalue weighted by Crippen LogP contribution is -2.32. The summed E-state index contributed by atoms with van der Waals surface area (Å²) in [4.78, 5) is 32.6. The van der Waals surface area contributed by atoms with Gasteiger partial charge in [-0.1, -0.05) is 6.92 Å². The Bertz CT molecular complexity index is 936. The molecule has 1 saturated heterocycles. The van der Waals surface area contributed by atoms with E-state index < -0.39 is 5.82 Å². The maximum absolute atomic E-state index is 13.4. The van der Waals surface area contributed by atoms with Crippen LogP contribution in [0.5, 0.6) is 0 Å². The number of ether oxygens (including phenoxy) is 1. The molecule has 146 valence electrons. The molecule has 4 atom stereocenters. The molecule has 1 saturated carbocycles. The van der Waals surface area contributed by atoms with Gasteiger partial charge in [0.05, 0.1) is 6.42 Å². The minimum atomic E-state index is -0.502. The molecule has 0 bridgehead atoms. The summed E-state index contributed by atoms with van der Waals surface area (Å²) in [5.41, 5.74) is 2.17. The predicted octanol–water partition coefficient (Wildman–Crippen LogP) is 4.25. The van der Waals surface area contributed by atoms with Gasteiger partial charge in [-0.05, 0) is 69.9 Å². The molecule has 28 heavy (non-hydrogen) atoms. The summed E-state index contributed by atoms with van der Waals surface area (Å²) in [5.74, 6) is -0.0341. The average molecular weight is 447 g/mol. The van der Waals surface area contributed by atoms with Crippen LogP contribution in [0.15, 0.2) is 35.2 Å². The largest absolute Gasteiger partial charge is 0.462 e. The van der Waals surface area contributed by atoms with Crippen molar-refractivity contribution in [3.63, 3.8) is 0 Å². The van der Waals surface area contributed by atoms with Gasteiger partial charge in [0.2, 0.25) is 0 Å². The van der Waals surface area contributed by atoms with Gasteiger partial charge in [-0.2, -0.15) is 0 Å². The maximum atomic E-state index is 13.4. The van der Waals surface area contributed by atoms with Crippen molar-refractivity contribution in [1.82, 2.24) is 9.97 Å². The van der Waals surface area contributed by atoms with Crippen molar-refractivity contribution in [2.75, 3.05) is 0 Å². The molecular weight excluding hydrogens is 427 g/mol. The van der Waals surface area contributed by atoms with Gasteiger partial charge in [-0.25, -0.2) is 9.37 Å². The fourth-order valence-corrected chi connectivity index (χ4v) is 4.87. The van der Waals surface area contributed by atoms with E-state index in [9.17, 15) is 14.0 Å². The highest BCUT2D eigenvalue weighted by Crippen LogP contribution is 2.45. The number of esters is 1. The Morgan fingerprint density at radius 1 is 1.32 bits per heavy atom. The first-order chi connectivity index (χ1) is 13.4. The lowest BCUT2D eigenvalue weighted by molar-refractivity contribution is -0.143. The summed E-state index contributed by atoms with van der Waals surface area (Å²) in [6, 6.07) is 4.59. The number of ketones is 1. The number of hydrogen-bond donors (Lipinski definition) is 0. The van der Waals surface area contributed by atoms with Gasteiger partial charge in [-0.15, -0.1) is 0 Å². The van der Waals surface area contributed by atoms with Gasteiger partial charge in [0.25, 0.3) is 0 Å². The van der Waals surface area contributed by atoms with Crippen molar-refractivity contribution >= 4 is 27.7 Å². The van der Waals surface area contributed by atoms with Crippen LogP contribution in [0.2, 0.25) is 0 Å². The van der Waals surface area contributed by atoms with Crippen LogP contribution in [-0.4, -0.2) is 27.8 Å². The molecule has 2 fully saturated rings. The van der Waals surface area contributed by atoms with Gasteiger partial charge in [0.15, 0.2) is 11.6 Å². The van der Waals surface area contributed by atoms with Gasteiger partial charge in [0, 0.05) is 24.7 Å². The van der Waals surface area contributed by atoms with Gasteiger partial charge in [-0.3, -0.25) is 14.6 Å². The van der Waals surface area contributed by atoms with E-state index in [4.69, 9.17) is 4.74 Å². The van der Waals surface area contributed by atoms with E-state index in [2.05, 4.69) is 32.8 Å². The molecule has 0 amide bonds. The van der Waals surface area contributed by atoms with Crippen LogP contribution in [0, 0.1) is 17.7 Å². The van der Waals surface area contributed by atoms with Crippen LogP contribution in [0.4, 0.5) is 4.39 Å². The van der Waals surface area contributed by atoms with E-state index in [0.717, 1.165) is 24.0 Å². The SMILES string of the molecule is C[C@H]1C[C@@H](c2ccncc2CC(=O)c2ccc(F)c(Br)n2)C[C@H]2CC(=O)O[C@H]21. The van der Waals surface area contributed by atoms with E-state index in [-0.39, 0.29) is 52.3 Å². The van der Waals surface area contributed by atoms with Crippen LogP contribution in [0.1, 0.15) is 53.7 Å². The maximum Gasteiger partial charge on any atom is 0.306 e. The highest BCUT2D eigenvalue weighted by Gasteiger charge is 2.44. The van der Waals surface area contributed by atoms with E-state index in [1.54, 1.807) is 12.4 Å². The van der Waals surface area contributed by atoms with Crippen molar-refractivity contribution in [2.24, 2.45) is 11.8 Å². The summed E-state index contributed by atoms with van der Waals surface area (Å²) in [5, 5.41) is 0. The molecule has 2 aliphatic rings. The van der Waals surface area contributed by atoms with Crippen molar-refractivity contribution in [2.45, 2.75) is 44.6 Å². The van der Waals surface area contributed by atoms with Crippen LogP contribution < -0.4 is 0 Å². The summed E-state index contributed by atoms with van der Waals surface area (Å²) in [6.45, 7) is 2.12. The third-order valence-corrected chi connectivity index (χ3v) is 6.34. The molecular formula is C21H20BrFN2O3. The molecule has 0 N–H and O–H groups in total. The summed E-state index contributed by atoms with van der Waals surface area (Å²) in [6.07, 6.45) is 5.87. The summed E-state index contributed by atoms with van der Waals surface area (Å²) < 4.78 is 18.9. The third kappa shape index (κ3) is 3.72. The lowest BCUT2D eigenvalue weighted by atomic mass is 9.70. The summed E-state index contributed by atoms with van der Waals surface area (Å²) >= 11 is 3.02. The molecule has 1 aliphatic heterocycles. The normalized spacial score (nSPS) is 26.6. The quantitative estimate of drug-likeness (QED) is 0.398. The number of aromatic nitrogens is 2. The van der Waals surface area contributed by atoms with Crippen LogP contribution in [-0.2, 0) is 16.0 Å². The zero-order valence-corrected chi connectivity index (χ0v) is 17.0. The molecule has 7 heteroatoms. The molecule has 4 rings (SSSR count). The van der Waals surface area contributed by atoms with Crippen molar-refractivity contribution < 1.29 is 18.7 Å². The number of carbonyl (C=O) groups excluding carboxylic acids is 2. The van der Waals surface area contributed by atoms with E-state index in [1.165, 1.54) is 12.1 Å². The Balaban J connectivity index is 1.56. The monoisotopic (exact) mass is 446 g/mol. The second-order valence-corrected chi connectivity index (χ2v) is 8.46. The Morgan fingerprint density at radius 3 is 2.93 bits per heavy atom. The molecule has 5 nitrogen and oxygen atoms in total. The molecule has 0 unspecified atom stereocenters. The Hall–Kier alpha value is -2.15. The lowest BCUT2D eigenvalue weighted by Gasteiger charge is -2.35. The molecule has 0 aromatic carbocycles. The van der Waals surface area contributed by atoms with Crippen molar-refractivity contribution in [1.29, 1.82) is 0 Å². The number of halogens is 2. The minimum absolute atomic E-state index is 0.0106.